The van der Waals surface area contributed by atoms with Crippen molar-refractivity contribution < 1.29 is 28.1 Å². The Morgan fingerprint density at radius 2 is 1.75 bits per heavy atom. The number of hydrogen-bond donors (Lipinski definition) is 0. The van der Waals surface area contributed by atoms with Crippen LogP contribution in [0.15, 0.2) is 24.3 Å². The number of carbonyl (C=O) groups is 1. The topological polar surface area (TPSA) is 92.7 Å². The molecule has 0 N–H and O–H groups in total. The molecule has 2 bridgehead atoms. The Hall–Kier alpha value is -3.90. The number of methoxy groups -OCH3 is 1. The molecule has 4 fully saturated rings. The van der Waals surface area contributed by atoms with E-state index in [0.29, 0.717) is 63.0 Å². The first kappa shape index (κ1) is 35.1. The Kier molecular flexibility index (Phi) is 9.34. The van der Waals surface area contributed by atoms with Gasteiger partial charge >= 0.3 is 12.1 Å². The molecule has 0 saturated carbocycles. The summed E-state index contributed by atoms with van der Waals surface area (Å²) in [6.07, 6.45) is 7.60. The minimum Gasteiger partial charge on any atom is -0.467 e. The van der Waals surface area contributed by atoms with Crippen molar-refractivity contribution in [1.82, 2.24) is 19.8 Å². The van der Waals surface area contributed by atoms with Gasteiger partial charge in [-0.2, -0.15) is 9.97 Å². The van der Waals surface area contributed by atoms with Gasteiger partial charge in [0.25, 0.3) is 0 Å². The SMILES string of the molecule is CCc1c(F)ccc2cc(OCOC)cc(N3CCc4c(nc(OCC56CCCN5CCC6)nc4N4C[C@H]5CC[C@@H](C4)N5C(=O)OC(C)(C)C)C3)c12. The van der Waals surface area contributed by atoms with Gasteiger partial charge in [0, 0.05) is 49.4 Å². The van der Waals surface area contributed by atoms with Crippen molar-refractivity contribution in [3.05, 3.63) is 46.9 Å². The van der Waals surface area contributed by atoms with Crippen LogP contribution in [0.5, 0.6) is 11.8 Å². The number of ether oxygens (including phenoxy) is 4. The molecule has 0 unspecified atom stereocenters. The van der Waals surface area contributed by atoms with E-state index < -0.39 is 5.60 Å². The summed E-state index contributed by atoms with van der Waals surface area (Å²) in [5, 5.41) is 1.83. The predicted molar refractivity (Wildman–Crippen MR) is 198 cm³/mol. The number of amides is 1. The van der Waals surface area contributed by atoms with E-state index in [1.807, 2.05) is 50.8 Å². The number of hydrogen-bond acceptors (Lipinski definition) is 10. The van der Waals surface area contributed by atoms with Crippen LogP contribution in [-0.2, 0) is 28.9 Å². The maximum absolute atomic E-state index is 15.3. The van der Waals surface area contributed by atoms with Gasteiger partial charge in [-0.1, -0.05) is 13.0 Å². The monoisotopic (exact) mass is 716 g/mol. The van der Waals surface area contributed by atoms with E-state index in [-0.39, 0.29) is 36.3 Å². The number of rotatable bonds is 9. The quantitative estimate of drug-likeness (QED) is 0.230. The Morgan fingerprint density at radius 1 is 1.00 bits per heavy atom. The molecule has 0 aliphatic carbocycles. The molecule has 0 spiro atoms. The molecule has 2 aromatic carbocycles. The molecule has 0 radical (unpaired) electrons. The summed E-state index contributed by atoms with van der Waals surface area (Å²) in [6.45, 7) is 13.3. The van der Waals surface area contributed by atoms with E-state index >= 15 is 4.39 Å². The molecule has 5 aliphatic heterocycles. The normalized spacial score (nSPS) is 22.5. The van der Waals surface area contributed by atoms with Gasteiger partial charge in [0.1, 0.15) is 29.6 Å². The standard InChI is InChI=1S/C40H53FN6O5/c1-6-30-32(41)12-9-26-19-29(51-25-49-5)20-34(35(26)30)44-18-13-31-33(23-44)42-37(50-24-40-14-7-16-46(40)17-8-15-40)43-36(31)45-21-27-10-11-28(22-45)47(27)38(48)52-39(2,3)4/h9,12,19-20,27-28H,6-8,10-11,13-18,21-25H2,1-5H3/t27-,28+. The molecule has 6 heterocycles. The Balaban J connectivity index is 1.14. The molecule has 8 rings (SSSR count). The number of piperazine rings is 1. The highest BCUT2D eigenvalue weighted by molar-refractivity contribution is 5.98. The van der Waals surface area contributed by atoms with Crippen molar-refractivity contribution in [1.29, 1.82) is 0 Å². The highest BCUT2D eigenvalue weighted by Gasteiger charge is 2.47. The Bertz CT molecular complexity index is 1810. The Labute approximate surface area is 306 Å². The first-order valence-electron chi connectivity index (χ1n) is 19.2. The first-order chi connectivity index (χ1) is 25.1. The fourth-order valence-electron chi connectivity index (χ4n) is 9.54. The number of anilines is 2. The van der Waals surface area contributed by atoms with Crippen molar-refractivity contribution in [2.45, 2.75) is 109 Å². The van der Waals surface area contributed by atoms with E-state index in [9.17, 15) is 4.79 Å². The van der Waals surface area contributed by atoms with E-state index in [1.54, 1.807) is 13.2 Å². The molecular formula is C40H53FN6O5. The summed E-state index contributed by atoms with van der Waals surface area (Å²) < 4.78 is 38.9. The van der Waals surface area contributed by atoms with Gasteiger partial charge in [-0.05, 0) is 108 Å². The lowest BCUT2D eigenvalue weighted by molar-refractivity contribution is 0.0122. The van der Waals surface area contributed by atoms with Gasteiger partial charge in [-0.15, -0.1) is 0 Å². The third kappa shape index (κ3) is 6.50. The molecule has 280 valence electrons. The lowest BCUT2D eigenvalue weighted by Crippen LogP contribution is -2.57. The second-order valence-electron chi connectivity index (χ2n) is 16.3. The largest absolute Gasteiger partial charge is 0.467 e. The summed E-state index contributed by atoms with van der Waals surface area (Å²) in [5.74, 6) is 1.38. The predicted octanol–water partition coefficient (Wildman–Crippen LogP) is 6.47. The number of aromatic nitrogens is 2. The van der Waals surface area contributed by atoms with Gasteiger partial charge in [-0.3, -0.25) is 9.80 Å². The van der Waals surface area contributed by atoms with Crippen LogP contribution in [0.2, 0.25) is 0 Å². The van der Waals surface area contributed by atoms with Crippen molar-refractivity contribution in [2.24, 2.45) is 0 Å². The highest BCUT2D eigenvalue weighted by atomic mass is 19.1. The van der Waals surface area contributed by atoms with Gasteiger partial charge in [0.15, 0.2) is 6.79 Å². The third-order valence-electron chi connectivity index (χ3n) is 11.8. The molecule has 3 aromatic rings. The number of nitrogens with zero attached hydrogens (tertiary/aromatic N) is 6. The van der Waals surface area contributed by atoms with Crippen molar-refractivity contribution in [2.75, 3.05) is 63.0 Å². The van der Waals surface area contributed by atoms with Crippen molar-refractivity contribution >= 4 is 28.4 Å². The summed E-state index contributed by atoms with van der Waals surface area (Å²) in [6, 6.07) is 7.86. The maximum Gasteiger partial charge on any atom is 0.410 e. The van der Waals surface area contributed by atoms with Crippen LogP contribution in [0.4, 0.5) is 20.7 Å². The van der Waals surface area contributed by atoms with Gasteiger partial charge in [0.05, 0.1) is 29.9 Å². The summed E-state index contributed by atoms with van der Waals surface area (Å²) in [5.41, 5.74) is 3.17. The minimum absolute atomic E-state index is 0.0525. The molecule has 4 saturated heterocycles. The van der Waals surface area contributed by atoms with E-state index in [1.165, 1.54) is 12.8 Å². The second kappa shape index (κ2) is 13.8. The van der Waals surface area contributed by atoms with Crippen LogP contribution in [-0.4, -0.2) is 102 Å². The van der Waals surface area contributed by atoms with Gasteiger partial charge in [-0.25, -0.2) is 9.18 Å². The molecular weight excluding hydrogens is 663 g/mol. The van der Waals surface area contributed by atoms with Crippen LogP contribution in [0.1, 0.15) is 83.0 Å². The van der Waals surface area contributed by atoms with Crippen LogP contribution in [0.25, 0.3) is 10.8 Å². The number of carbonyl (C=O) groups excluding carboxylic acids is 1. The van der Waals surface area contributed by atoms with Crippen LogP contribution < -0.4 is 19.3 Å². The summed E-state index contributed by atoms with van der Waals surface area (Å²) >= 11 is 0. The van der Waals surface area contributed by atoms with Crippen molar-refractivity contribution in [3.8, 4) is 11.8 Å². The molecule has 12 heteroatoms. The number of benzene rings is 2. The van der Waals surface area contributed by atoms with Crippen LogP contribution in [0.3, 0.4) is 0 Å². The van der Waals surface area contributed by atoms with Crippen LogP contribution in [0, 0.1) is 5.82 Å². The lowest BCUT2D eigenvalue weighted by Gasteiger charge is -2.43. The number of halogens is 1. The molecule has 1 aromatic heterocycles. The maximum atomic E-state index is 15.3. The molecule has 11 nitrogen and oxygen atoms in total. The lowest BCUT2D eigenvalue weighted by atomic mass is 9.95. The third-order valence-corrected chi connectivity index (χ3v) is 11.8. The van der Waals surface area contributed by atoms with E-state index in [4.69, 9.17) is 28.9 Å². The molecule has 1 amide bonds. The average Bonchev–Trinajstić information content (AvgIpc) is 3.78. The van der Waals surface area contributed by atoms with Crippen molar-refractivity contribution in [3.63, 3.8) is 0 Å². The minimum atomic E-state index is -0.546. The Morgan fingerprint density at radius 3 is 2.44 bits per heavy atom. The smallest absolute Gasteiger partial charge is 0.410 e. The van der Waals surface area contributed by atoms with E-state index in [0.717, 1.165) is 72.3 Å². The van der Waals surface area contributed by atoms with E-state index in [2.05, 4.69) is 14.7 Å². The molecule has 5 aliphatic rings. The second-order valence-corrected chi connectivity index (χ2v) is 16.3. The van der Waals surface area contributed by atoms with Crippen LogP contribution >= 0.6 is 0 Å². The molecule has 52 heavy (non-hydrogen) atoms. The molecule has 2 atom stereocenters. The highest BCUT2D eigenvalue weighted by Crippen LogP contribution is 2.42. The summed E-state index contributed by atoms with van der Waals surface area (Å²) in [4.78, 5) is 32.8. The fraction of sp³-hybridized carbons (Fsp3) is 0.625. The van der Waals surface area contributed by atoms with Gasteiger partial charge < -0.3 is 28.7 Å². The summed E-state index contributed by atoms with van der Waals surface area (Å²) in [7, 11) is 1.60. The fourth-order valence-corrected chi connectivity index (χ4v) is 9.54. The van der Waals surface area contributed by atoms with Gasteiger partial charge in [0.2, 0.25) is 0 Å². The first-order valence-corrected chi connectivity index (χ1v) is 19.2. The average molecular weight is 717 g/mol. The zero-order valence-electron chi connectivity index (χ0n) is 31.4. The number of aryl methyl sites for hydroxylation is 1. The zero-order valence-corrected chi connectivity index (χ0v) is 31.4. The number of fused-ring (bicyclic) bond motifs is 5. The zero-order chi connectivity index (χ0) is 36.2.